The molecule has 1 aromatic heterocycles. The number of aromatic nitrogens is 2. The van der Waals surface area contributed by atoms with E-state index in [0.29, 0.717) is 17.4 Å². The van der Waals surface area contributed by atoms with Crippen LogP contribution < -0.4 is 9.47 Å². The smallest absolute Gasteiger partial charge is 0.323 e. The highest BCUT2D eigenvalue weighted by Gasteiger charge is 2.25. The van der Waals surface area contributed by atoms with Crippen LogP contribution in [0, 0.1) is 5.92 Å². The molecule has 0 bridgehead atoms. The van der Waals surface area contributed by atoms with Gasteiger partial charge in [0.25, 0.3) is 0 Å². The molecule has 6 nitrogen and oxygen atoms in total. The van der Waals surface area contributed by atoms with Crippen molar-refractivity contribution in [3.63, 3.8) is 0 Å². The summed E-state index contributed by atoms with van der Waals surface area (Å²) < 4.78 is 12.3. The van der Waals surface area contributed by atoms with Crippen LogP contribution in [0.2, 0.25) is 0 Å². The lowest BCUT2D eigenvalue weighted by Gasteiger charge is -2.09. The summed E-state index contributed by atoms with van der Waals surface area (Å²) in [5.41, 5.74) is 1.51. The molecule has 3 rings (SSSR count). The molecule has 0 atom stereocenters. The fourth-order valence-corrected chi connectivity index (χ4v) is 2.55. The van der Waals surface area contributed by atoms with E-state index in [1.807, 2.05) is 0 Å². The van der Waals surface area contributed by atoms with Crippen molar-refractivity contribution in [2.75, 3.05) is 14.2 Å². The maximum Gasteiger partial charge on any atom is 0.323 e. The fourth-order valence-electron chi connectivity index (χ4n) is 2.55. The third-order valence-corrected chi connectivity index (χ3v) is 3.79. The van der Waals surface area contributed by atoms with Crippen molar-refractivity contribution in [2.45, 2.75) is 25.8 Å². The van der Waals surface area contributed by atoms with E-state index in [4.69, 9.17) is 14.6 Å². The molecular weight excluding hydrogens is 272 g/mol. The second-order valence-electron chi connectivity index (χ2n) is 5.35. The van der Waals surface area contributed by atoms with E-state index in [-0.39, 0.29) is 6.54 Å². The summed E-state index contributed by atoms with van der Waals surface area (Å²) in [5.74, 6) is 1.77. The van der Waals surface area contributed by atoms with Crippen LogP contribution in [0.4, 0.5) is 0 Å². The Morgan fingerprint density at radius 2 is 2.00 bits per heavy atom. The van der Waals surface area contributed by atoms with E-state index in [9.17, 15) is 4.79 Å². The molecule has 1 heterocycles. The van der Waals surface area contributed by atoms with Gasteiger partial charge in [0.2, 0.25) is 0 Å². The first-order valence-electron chi connectivity index (χ1n) is 6.95. The standard InChI is InChI=1S/C15H18N2O4/c1-20-12-6-10-11(7-13(12)21-2)17(8-15(18)19)14(16-10)5-9-3-4-9/h6-7,9H,3-5,8H2,1-2H3,(H,18,19). The Morgan fingerprint density at radius 3 is 2.57 bits per heavy atom. The molecule has 1 N–H and O–H groups in total. The van der Waals surface area contributed by atoms with Crippen LogP contribution in [0.3, 0.4) is 0 Å². The maximum absolute atomic E-state index is 11.1. The van der Waals surface area contributed by atoms with Crippen molar-refractivity contribution in [3.05, 3.63) is 18.0 Å². The molecule has 21 heavy (non-hydrogen) atoms. The normalized spacial score (nSPS) is 14.4. The predicted octanol–water partition coefficient (Wildman–Crippen LogP) is 2.09. The minimum absolute atomic E-state index is 0.0892. The Morgan fingerprint density at radius 1 is 1.33 bits per heavy atom. The second-order valence-corrected chi connectivity index (χ2v) is 5.35. The van der Waals surface area contributed by atoms with E-state index in [1.165, 1.54) is 12.8 Å². The number of carbonyl (C=O) groups is 1. The topological polar surface area (TPSA) is 73.6 Å². The number of aliphatic carboxylic acids is 1. The van der Waals surface area contributed by atoms with Crippen molar-refractivity contribution >= 4 is 17.0 Å². The summed E-state index contributed by atoms with van der Waals surface area (Å²) in [6.07, 6.45) is 3.22. The maximum atomic E-state index is 11.1. The third-order valence-electron chi connectivity index (χ3n) is 3.79. The van der Waals surface area contributed by atoms with Gasteiger partial charge in [0, 0.05) is 18.6 Å². The summed E-state index contributed by atoms with van der Waals surface area (Å²) in [4.78, 5) is 15.7. The quantitative estimate of drug-likeness (QED) is 0.881. The highest BCUT2D eigenvalue weighted by Crippen LogP contribution is 2.36. The van der Waals surface area contributed by atoms with Crippen molar-refractivity contribution in [1.29, 1.82) is 0 Å². The number of fused-ring (bicyclic) bond motifs is 1. The highest BCUT2D eigenvalue weighted by atomic mass is 16.5. The van der Waals surface area contributed by atoms with Crippen LogP contribution in [0.1, 0.15) is 18.7 Å². The van der Waals surface area contributed by atoms with E-state index in [1.54, 1.807) is 30.9 Å². The molecule has 1 saturated carbocycles. The summed E-state index contributed by atoms with van der Waals surface area (Å²) in [5, 5.41) is 9.14. The molecule has 0 unspecified atom stereocenters. The number of nitrogens with zero attached hydrogens (tertiary/aromatic N) is 2. The van der Waals surface area contributed by atoms with Crippen molar-refractivity contribution in [2.24, 2.45) is 5.92 Å². The lowest BCUT2D eigenvalue weighted by Crippen LogP contribution is -2.12. The van der Waals surface area contributed by atoms with Gasteiger partial charge in [-0.15, -0.1) is 0 Å². The predicted molar refractivity (Wildman–Crippen MR) is 76.9 cm³/mol. The van der Waals surface area contributed by atoms with Gasteiger partial charge < -0.3 is 19.1 Å². The summed E-state index contributed by atoms with van der Waals surface area (Å²) >= 11 is 0. The zero-order chi connectivity index (χ0) is 15.0. The molecule has 0 aliphatic heterocycles. The van der Waals surface area contributed by atoms with Crippen LogP contribution in [0.5, 0.6) is 11.5 Å². The van der Waals surface area contributed by atoms with Gasteiger partial charge >= 0.3 is 5.97 Å². The highest BCUT2D eigenvalue weighted by molar-refractivity contribution is 5.82. The van der Waals surface area contributed by atoms with E-state index in [2.05, 4.69) is 4.98 Å². The summed E-state index contributed by atoms with van der Waals surface area (Å²) in [7, 11) is 3.13. The van der Waals surface area contributed by atoms with Gasteiger partial charge in [-0.25, -0.2) is 4.98 Å². The number of hydrogen-bond acceptors (Lipinski definition) is 4. The average Bonchev–Trinajstić information content (AvgIpc) is 3.21. The Bertz CT molecular complexity index is 689. The van der Waals surface area contributed by atoms with E-state index < -0.39 is 5.97 Å². The number of hydrogen-bond donors (Lipinski definition) is 1. The summed E-state index contributed by atoms with van der Waals surface area (Å²) in [6.45, 7) is -0.0892. The monoisotopic (exact) mass is 290 g/mol. The number of rotatable bonds is 6. The Labute approximate surface area is 122 Å². The van der Waals surface area contributed by atoms with E-state index >= 15 is 0 Å². The number of ether oxygens (including phenoxy) is 2. The number of imidazole rings is 1. The van der Waals surface area contributed by atoms with Gasteiger partial charge in [-0.3, -0.25) is 4.79 Å². The Balaban J connectivity index is 2.13. The molecule has 0 saturated heterocycles. The van der Waals surface area contributed by atoms with Crippen molar-refractivity contribution in [3.8, 4) is 11.5 Å². The number of carboxylic acids is 1. The molecule has 0 spiro atoms. The zero-order valence-electron chi connectivity index (χ0n) is 12.1. The van der Waals surface area contributed by atoms with Crippen LogP contribution in [0.15, 0.2) is 12.1 Å². The molecular formula is C15H18N2O4. The average molecular weight is 290 g/mol. The van der Waals surface area contributed by atoms with Gasteiger partial charge in [0.1, 0.15) is 12.4 Å². The van der Waals surface area contributed by atoms with Crippen molar-refractivity contribution in [1.82, 2.24) is 9.55 Å². The first kappa shape index (κ1) is 13.7. The van der Waals surface area contributed by atoms with Gasteiger partial charge in [-0.2, -0.15) is 0 Å². The lowest BCUT2D eigenvalue weighted by atomic mass is 10.2. The van der Waals surface area contributed by atoms with Crippen LogP contribution in [-0.4, -0.2) is 34.8 Å². The SMILES string of the molecule is COc1cc2nc(CC3CC3)n(CC(=O)O)c2cc1OC. The number of carboxylic acid groups (broad SMARTS) is 1. The first-order chi connectivity index (χ1) is 10.1. The molecule has 2 aromatic rings. The Hall–Kier alpha value is -2.24. The van der Waals surface area contributed by atoms with Gasteiger partial charge in [-0.1, -0.05) is 0 Å². The zero-order valence-corrected chi connectivity index (χ0v) is 12.1. The van der Waals surface area contributed by atoms with E-state index in [0.717, 1.165) is 23.3 Å². The second kappa shape index (κ2) is 5.27. The minimum atomic E-state index is -0.874. The van der Waals surface area contributed by atoms with Crippen molar-refractivity contribution < 1.29 is 19.4 Å². The Kier molecular flexibility index (Phi) is 3.45. The molecule has 1 aliphatic carbocycles. The van der Waals surface area contributed by atoms with Gasteiger partial charge in [-0.05, 0) is 18.8 Å². The number of methoxy groups -OCH3 is 2. The molecule has 0 radical (unpaired) electrons. The minimum Gasteiger partial charge on any atom is -0.493 e. The third kappa shape index (κ3) is 2.66. The fraction of sp³-hybridized carbons (Fsp3) is 0.467. The molecule has 1 fully saturated rings. The first-order valence-corrected chi connectivity index (χ1v) is 6.95. The number of benzene rings is 1. The van der Waals surface area contributed by atoms with Crippen LogP contribution in [0.25, 0.3) is 11.0 Å². The molecule has 1 aromatic carbocycles. The van der Waals surface area contributed by atoms with Crippen LogP contribution >= 0.6 is 0 Å². The largest absolute Gasteiger partial charge is 0.493 e. The van der Waals surface area contributed by atoms with Gasteiger partial charge in [0.15, 0.2) is 11.5 Å². The lowest BCUT2D eigenvalue weighted by molar-refractivity contribution is -0.137. The van der Waals surface area contributed by atoms with Gasteiger partial charge in [0.05, 0.1) is 25.3 Å². The molecule has 112 valence electrons. The molecule has 0 amide bonds. The summed E-state index contributed by atoms with van der Waals surface area (Å²) in [6, 6.07) is 3.59. The van der Waals surface area contributed by atoms with Crippen LogP contribution in [-0.2, 0) is 17.8 Å². The molecule has 1 aliphatic rings. The molecule has 6 heteroatoms.